The molecule has 1 saturated heterocycles. The second kappa shape index (κ2) is 13.8. The summed E-state index contributed by atoms with van der Waals surface area (Å²) in [5.74, 6) is 5.84. The molecule has 1 aliphatic heterocycles. The number of nitrogens with zero attached hydrogens (tertiary/aromatic N) is 2. The van der Waals surface area contributed by atoms with Crippen LogP contribution in [0.2, 0.25) is 0 Å². The molecule has 0 aromatic heterocycles. The van der Waals surface area contributed by atoms with Crippen molar-refractivity contribution in [3.8, 4) is 17.9 Å². The maximum Gasteiger partial charge on any atom is 1.00 e. The summed E-state index contributed by atoms with van der Waals surface area (Å²) in [5, 5.41) is 8.34. The number of piperidine rings is 1. The Labute approximate surface area is 162 Å². The summed E-state index contributed by atoms with van der Waals surface area (Å²) in [7, 11) is 0. The van der Waals surface area contributed by atoms with Gasteiger partial charge in [0.15, 0.2) is 6.29 Å². The molecule has 0 N–H and O–H groups in total. The maximum absolute atomic E-state index is 12.0. The smallest absolute Gasteiger partial charge is 1.00 e. The normalized spacial score (nSPS) is 18.4. The number of carbonyl (C=O) groups excluding carboxylic acids is 1. The minimum Gasteiger partial charge on any atom is -1.00 e. The van der Waals surface area contributed by atoms with Crippen molar-refractivity contribution in [3.63, 3.8) is 0 Å². The van der Waals surface area contributed by atoms with Crippen molar-refractivity contribution in [2.45, 2.75) is 45.4 Å². The molecule has 1 aliphatic rings. The first-order valence-electron chi connectivity index (χ1n) is 7.62. The molecule has 6 nitrogen and oxygen atoms in total. The monoisotopic (exact) mass is 332 g/mol. The number of amides is 1. The zero-order chi connectivity index (χ0) is 16.2. The largest absolute Gasteiger partial charge is 1.00 e. The van der Waals surface area contributed by atoms with Crippen LogP contribution in [0.4, 0.5) is 0 Å². The molecule has 0 aromatic rings. The molecule has 1 fully saturated rings. The van der Waals surface area contributed by atoms with Crippen LogP contribution >= 0.6 is 0 Å². The summed E-state index contributed by atoms with van der Waals surface area (Å²) in [5.41, 5.74) is 0. The molecule has 0 aromatic carbocycles. The fraction of sp³-hybridized carbons (Fsp3) is 0.750. The standard InChI is InChI=1S/C16H24N2O4.Na.H/c1-3-21-14(2)22-13-15-7-6-8-16(19)18(15)10-4-5-11-20-12-9-17;;/h14-15H,3,6-8,10-13H2,1-2H3;;/q;+1;-1/t14?,15-;;/m1../s1. The van der Waals surface area contributed by atoms with Gasteiger partial charge in [-0.25, -0.2) is 0 Å². The van der Waals surface area contributed by atoms with Crippen LogP contribution in [0.1, 0.15) is 34.5 Å². The summed E-state index contributed by atoms with van der Waals surface area (Å²) in [6, 6.07) is 1.92. The number of nitriles is 1. The third-order valence-electron chi connectivity index (χ3n) is 3.33. The van der Waals surface area contributed by atoms with Crippen LogP contribution in [0.3, 0.4) is 0 Å². The van der Waals surface area contributed by atoms with E-state index in [0.717, 1.165) is 12.8 Å². The molecule has 124 valence electrons. The summed E-state index contributed by atoms with van der Waals surface area (Å²) in [4.78, 5) is 13.8. The van der Waals surface area contributed by atoms with E-state index in [-0.39, 0.29) is 62.4 Å². The topological polar surface area (TPSA) is 71.8 Å². The summed E-state index contributed by atoms with van der Waals surface area (Å²) in [6.07, 6.45) is 2.08. The Morgan fingerprint density at radius 2 is 2.17 bits per heavy atom. The second-order valence-electron chi connectivity index (χ2n) is 4.93. The summed E-state index contributed by atoms with van der Waals surface area (Å²) >= 11 is 0. The molecule has 1 heterocycles. The van der Waals surface area contributed by atoms with Gasteiger partial charge >= 0.3 is 29.6 Å². The van der Waals surface area contributed by atoms with Crippen molar-refractivity contribution >= 4 is 5.91 Å². The van der Waals surface area contributed by atoms with Gasteiger partial charge < -0.3 is 20.5 Å². The van der Waals surface area contributed by atoms with E-state index in [0.29, 0.717) is 26.2 Å². The third kappa shape index (κ3) is 9.32. The van der Waals surface area contributed by atoms with Gasteiger partial charge in [-0.2, -0.15) is 5.26 Å². The minimum atomic E-state index is -0.269. The van der Waals surface area contributed by atoms with Crippen LogP contribution in [-0.2, 0) is 19.0 Å². The first-order chi connectivity index (χ1) is 10.7. The Kier molecular flexibility index (Phi) is 13.4. The fourth-order valence-corrected chi connectivity index (χ4v) is 2.25. The third-order valence-corrected chi connectivity index (χ3v) is 3.33. The predicted molar refractivity (Wildman–Crippen MR) is 81.7 cm³/mol. The number of hydrogen-bond donors (Lipinski definition) is 0. The predicted octanol–water partition coefficient (Wildman–Crippen LogP) is -1.57. The average molecular weight is 332 g/mol. The van der Waals surface area contributed by atoms with E-state index in [2.05, 4.69) is 11.8 Å². The van der Waals surface area contributed by atoms with Crippen LogP contribution in [0, 0.1) is 23.2 Å². The molecule has 0 aliphatic carbocycles. The van der Waals surface area contributed by atoms with Crippen LogP contribution in [0.5, 0.6) is 0 Å². The van der Waals surface area contributed by atoms with Crippen molar-refractivity contribution in [1.29, 1.82) is 5.26 Å². The SMILES string of the molecule is CCOC(C)OC[C@H]1CCCC(=O)N1CC#CCOCC#N.[H-].[Na+]. The van der Waals surface area contributed by atoms with Crippen LogP contribution in [0.25, 0.3) is 0 Å². The van der Waals surface area contributed by atoms with Crippen molar-refractivity contribution in [2.24, 2.45) is 0 Å². The Hall–Kier alpha value is -0.600. The molecule has 0 spiro atoms. The van der Waals surface area contributed by atoms with Gasteiger partial charge in [0, 0.05) is 13.0 Å². The Morgan fingerprint density at radius 1 is 1.39 bits per heavy atom. The van der Waals surface area contributed by atoms with Gasteiger partial charge in [-0.05, 0) is 26.7 Å². The Bertz CT molecular complexity index is 448. The van der Waals surface area contributed by atoms with E-state index in [1.54, 1.807) is 4.90 Å². The summed E-state index contributed by atoms with van der Waals surface area (Å²) in [6.45, 7) is 5.43. The quantitative estimate of drug-likeness (QED) is 0.232. The van der Waals surface area contributed by atoms with Crippen LogP contribution in [0.15, 0.2) is 0 Å². The molecule has 1 amide bonds. The van der Waals surface area contributed by atoms with Crippen LogP contribution < -0.4 is 29.6 Å². The fourth-order valence-electron chi connectivity index (χ4n) is 2.25. The van der Waals surface area contributed by atoms with Crippen LogP contribution in [-0.4, -0.2) is 56.1 Å². The molecule has 1 unspecified atom stereocenters. The minimum absolute atomic E-state index is 0. The molecule has 0 bridgehead atoms. The zero-order valence-corrected chi connectivity index (χ0v) is 16.3. The Morgan fingerprint density at radius 3 is 2.87 bits per heavy atom. The van der Waals surface area contributed by atoms with Crippen molar-refractivity contribution < 1.29 is 50.0 Å². The van der Waals surface area contributed by atoms with Crippen molar-refractivity contribution in [2.75, 3.05) is 33.0 Å². The first kappa shape index (κ1) is 22.4. The molecular formula is C16H25N2NaO4. The number of rotatable bonds is 8. The van der Waals surface area contributed by atoms with Crippen molar-refractivity contribution in [3.05, 3.63) is 0 Å². The van der Waals surface area contributed by atoms with Gasteiger partial charge in [-0.1, -0.05) is 11.8 Å². The molecule has 0 radical (unpaired) electrons. The van der Waals surface area contributed by atoms with Gasteiger partial charge in [0.25, 0.3) is 0 Å². The molecule has 1 rings (SSSR count). The number of carbonyl (C=O) groups is 1. The number of ether oxygens (including phenoxy) is 3. The summed E-state index contributed by atoms with van der Waals surface area (Å²) < 4.78 is 15.9. The first-order valence-corrected chi connectivity index (χ1v) is 7.62. The van der Waals surface area contributed by atoms with Gasteiger partial charge in [-0.3, -0.25) is 4.79 Å². The van der Waals surface area contributed by atoms with Gasteiger partial charge in [0.05, 0.1) is 25.3 Å². The van der Waals surface area contributed by atoms with E-state index < -0.39 is 0 Å². The zero-order valence-electron chi connectivity index (χ0n) is 15.3. The van der Waals surface area contributed by atoms with E-state index >= 15 is 0 Å². The number of likely N-dealkylation sites (tertiary alicyclic amines) is 1. The molecular weight excluding hydrogens is 307 g/mol. The molecule has 23 heavy (non-hydrogen) atoms. The van der Waals surface area contributed by atoms with E-state index in [1.165, 1.54) is 0 Å². The maximum atomic E-state index is 12.0. The molecule has 2 atom stereocenters. The average Bonchev–Trinajstić information content (AvgIpc) is 2.50. The second-order valence-corrected chi connectivity index (χ2v) is 4.93. The Balaban J connectivity index is 0. The van der Waals surface area contributed by atoms with Gasteiger partial charge in [0.2, 0.25) is 5.91 Å². The number of hydrogen-bond acceptors (Lipinski definition) is 5. The van der Waals surface area contributed by atoms with Crippen molar-refractivity contribution in [1.82, 2.24) is 4.90 Å². The molecule has 0 saturated carbocycles. The van der Waals surface area contributed by atoms with Gasteiger partial charge in [-0.15, -0.1) is 0 Å². The van der Waals surface area contributed by atoms with E-state index in [1.807, 2.05) is 19.9 Å². The molecule has 7 heteroatoms. The van der Waals surface area contributed by atoms with E-state index in [9.17, 15) is 4.79 Å². The van der Waals surface area contributed by atoms with E-state index in [4.69, 9.17) is 19.5 Å². The van der Waals surface area contributed by atoms with Gasteiger partial charge in [0.1, 0.15) is 13.2 Å².